The summed E-state index contributed by atoms with van der Waals surface area (Å²) in [6.45, 7) is 0.383. The Morgan fingerprint density at radius 3 is 2.41 bits per heavy atom. The highest BCUT2D eigenvalue weighted by molar-refractivity contribution is 5.94. The summed E-state index contributed by atoms with van der Waals surface area (Å²) in [5.74, 6) is -0.494. The zero-order valence-electron chi connectivity index (χ0n) is 17.4. The molecule has 0 bridgehead atoms. The lowest BCUT2D eigenvalue weighted by atomic mass is 9.77. The van der Waals surface area contributed by atoms with Gasteiger partial charge in [-0.3, -0.25) is 9.20 Å². The molecule has 0 spiro atoms. The highest BCUT2D eigenvalue weighted by Gasteiger charge is 2.73. The fourth-order valence-corrected chi connectivity index (χ4v) is 5.14. The predicted octanol–water partition coefficient (Wildman–Crippen LogP) is 4.96. The van der Waals surface area contributed by atoms with Crippen molar-refractivity contribution >= 4 is 11.6 Å². The van der Waals surface area contributed by atoms with Crippen LogP contribution in [0, 0.1) is 0 Å². The molecular weight excluding hydrogens is 469 g/mol. The minimum absolute atomic E-state index is 0.129. The zero-order valence-corrected chi connectivity index (χ0v) is 17.4. The number of alkyl halides is 7. The SMILES string of the molecule is O=C(c1ccc2nncn2c1)N1CCC2c3ccc(C(F)(C(F)(F)F)C(F)(F)F)cc3CCC21. The molecule has 34 heavy (non-hydrogen) atoms. The van der Waals surface area contributed by atoms with Gasteiger partial charge in [0.1, 0.15) is 6.33 Å². The van der Waals surface area contributed by atoms with E-state index in [0.717, 1.165) is 6.07 Å². The lowest BCUT2D eigenvalue weighted by Gasteiger charge is -2.35. The summed E-state index contributed by atoms with van der Waals surface area (Å²) in [6.07, 6.45) is -8.28. The van der Waals surface area contributed by atoms with Crippen molar-refractivity contribution in [3.05, 3.63) is 65.1 Å². The van der Waals surface area contributed by atoms with E-state index in [-0.39, 0.29) is 29.9 Å². The summed E-state index contributed by atoms with van der Waals surface area (Å²) in [7, 11) is 0. The van der Waals surface area contributed by atoms with Crippen LogP contribution >= 0.6 is 0 Å². The molecule has 5 rings (SSSR count). The van der Waals surface area contributed by atoms with E-state index in [1.54, 1.807) is 27.6 Å². The Kier molecular flexibility index (Phi) is 4.93. The van der Waals surface area contributed by atoms with Crippen LogP contribution in [0.1, 0.15) is 45.8 Å². The number of halogens is 7. The van der Waals surface area contributed by atoms with E-state index in [4.69, 9.17) is 0 Å². The molecule has 1 amide bonds. The van der Waals surface area contributed by atoms with E-state index in [2.05, 4.69) is 10.2 Å². The van der Waals surface area contributed by atoms with Crippen LogP contribution in [-0.4, -0.2) is 50.3 Å². The standard InChI is InChI=1S/C22H17F7N4O/c23-20(21(24,25)26,22(27,28)29)14-3-4-15-12(9-14)1-5-17-16(15)7-8-33(17)19(34)13-2-6-18-31-30-11-32(18)10-13/h2-4,6,9-11,16-17H,1,5,7-8H2. The van der Waals surface area contributed by atoms with E-state index < -0.39 is 23.6 Å². The number of carbonyl (C=O) groups excluding carboxylic acids is 1. The smallest absolute Gasteiger partial charge is 0.335 e. The number of pyridine rings is 1. The van der Waals surface area contributed by atoms with Gasteiger partial charge in [0, 0.05) is 30.3 Å². The van der Waals surface area contributed by atoms with Crippen LogP contribution in [0.4, 0.5) is 30.7 Å². The number of hydrogen-bond acceptors (Lipinski definition) is 3. The number of benzene rings is 1. The highest BCUT2D eigenvalue weighted by atomic mass is 19.4. The summed E-state index contributed by atoms with van der Waals surface area (Å²) >= 11 is 0. The van der Waals surface area contributed by atoms with E-state index in [1.807, 2.05) is 0 Å². The third-order valence-electron chi connectivity index (χ3n) is 6.78. The third kappa shape index (κ3) is 3.25. The van der Waals surface area contributed by atoms with Crippen LogP contribution in [0.15, 0.2) is 42.9 Å². The summed E-state index contributed by atoms with van der Waals surface area (Å²) in [5.41, 5.74) is -5.15. The predicted molar refractivity (Wildman–Crippen MR) is 105 cm³/mol. The molecule has 2 aliphatic rings. The summed E-state index contributed by atoms with van der Waals surface area (Å²) < 4.78 is 95.1. The first-order chi connectivity index (χ1) is 15.9. The fraction of sp³-hybridized carbons (Fsp3) is 0.409. The monoisotopic (exact) mass is 486 g/mol. The van der Waals surface area contributed by atoms with Crippen molar-refractivity contribution in [3.63, 3.8) is 0 Å². The van der Waals surface area contributed by atoms with Gasteiger partial charge in [-0.05, 0) is 42.5 Å². The normalized spacial score (nSPS) is 21.0. The molecular formula is C22H17F7N4O. The van der Waals surface area contributed by atoms with Gasteiger partial charge in [0.25, 0.3) is 5.91 Å². The molecule has 0 radical (unpaired) electrons. The fourth-order valence-electron chi connectivity index (χ4n) is 5.14. The number of fused-ring (bicyclic) bond motifs is 4. The maximum absolute atomic E-state index is 14.5. The second-order valence-electron chi connectivity index (χ2n) is 8.58. The molecule has 0 N–H and O–H groups in total. The van der Waals surface area contributed by atoms with E-state index >= 15 is 0 Å². The molecule has 1 fully saturated rings. The van der Waals surface area contributed by atoms with Gasteiger partial charge in [-0.1, -0.05) is 18.2 Å². The van der Waals surface area contributed by atoms with Crippen LogP contribution in [0.3, 0.4) is 0 Å². The van der Waals surface area contributed by atoms with Crippen LogP contribution < -0.4 is 0 Å². The minimum atomic E-state index is -6.15. The number of carbonyl (C=O) groups is 1. The number of amides is 1. The Balaban J connectivity index is 1.44. The van der Waals surface area contributed by atoms with Crippen LogP contribution in [-0.2, 0) is 12.1 Å². The first kappa shape index (κ1) is 22.6. The molecule has 2 atom stereocenters. The first-order valence-corrected chi connectivity index (χ1v) is 10.5. The van der Waals surface area contributed by atoms with Crippen molar-refractivity contribution in [2.45, 2.75) is 49.2 Å². The van der Waals surface area contributed by atoms with Gasteiger partial charge in [-0.25, -0.2) is 4.39 Å². The Labute approximate surface area is 188 Å². The van der Waals surface area contributed by atoms with Gasteiger partial charge in [-0.15, -0.1) is 10.2 Å². The molecule has 1 saturated heterocycles. The second-order valence-corrected chi connectivity index (χ2v) is 8.58. The maximum Gasteiger partial charge on any atom is 0.435 e. The molecule has 12 heteroatoms. The van der Waals surface area contributed by atoms with Gasteiger partial charge in [0.05, 0.1) is 5.56 Å². The molecule has 1 aliphatic heterocycles. The van der Waals surface area contributed by atoms with Crippen LogP contribution in [0.2, 0.25) is 0 Å². The van der Waals surface area contributed by atoms with Gasteiger partial charge >= 0.3 is 18.0 Å². The Hall–Kier alpha value is -3.18. The van der Waals surface area contributed by atoms with E-state index in [9.17, 15) is 35.5 Å². The van der Waals surface area contributed by atoms with Crippen molar-refractivity contribution in [2.24, 2.45) is 0 Å². The van der Waals surface area contributed by atoms with Crippen LogP contribution in [0.25, 0.3) is 5.65 Å². The van der Waals surface area contributed by atoms with Crippen molar-refractivity contribution in [3.8, 4) is 0 Å². The maximum atomic E-state index is 14.5. The zero-order chi connectivity index (χ0) is 24.5. The molecule has 3 heterocycles. The summed E-state index contributed by atoms with van der Waals surface area (Å²) in [4.78, 5) is 14.8. The van der Waals surface area contributed by atoms with Gasteiger partial charge in [0.15, 0.2) is 5.65 Å². The lowest BCUT2D eigenvalue weighted by Crippen LogP contribution is -2.50. The van der Waals surface area contributed by atoms with Crippen molar-refractivity contribution in [1.82, 2.24) is 19.5 Å². The van der Waals surface area contributed by atoms with Gasteiger partial charge < -0.3 is 4.90 Å². The molecule has 2 unspecified atom stereocenters. The second kappa shape index (κ2) is 7.41. The molecule has 1 aromatic carbocycles. The van der Waals surface area contributed by atoms with Crippen LogP contribution in [0.5, 0.6) is 0 Å². The average molecular weight is 486 g/mol. The number of hydrogen-bond donors (Lipinski definition) is 0. The van der Waals surface area contributed by atoms with Gasteiger partial charge in [-0.2, -0.15) is 26.3 Å². The molecule has 1 aliphatic carbocycles. The molecule has 3 aromatic rings. The van der Waals surface area contributed by atoms with E-state index in [0.29, 0.717) is 48.3 Å². The molecule has 5 nitrogen and oxygen atoms in total. The Morgan fingerprint density at radius 1 is 0.971 bits per heavy atom. The summed E-state index contributed by atoms with van der Waals surface area (Å²) in [6, 6.07) is 5.39. The quantitative estimate of drug-likeness (QED) is 0.481. The third-order valence-corrected chi connectivity index (χ3v) is 6.78. The Morgan fingerprint density at radius 2 is 1.71 bits per heavy atom. The first-order valence-electron chi connectivity index (χ1n) is 10.5. The number of aromatic nitrogens is 3. The Bertz CT molecular complexity index is 1250. The number of rotatable bonds is 2. The van der Waals surface area contributed by atoms with Crippen molar-refractivity contribution < 1.29 is 35.5 Å². The van der Waals surface area contributed by atoms with Crippen molar-refractivity contribution in [2.75, 3.05) is 6.54 Å². The summed E-state index contributed by atoms with van der Waals surface area (Å²) in [5, 5.41) is 7.65. The number of likely N-dealkylation sites (tertiary alicyclic amines) is 1. The molecule has 180 valence electrons. The topological polar surface area (TPSA) is 50.5 Å². The van der Waals surface area contributed by atoms with Gasteiger partial charge in [0.2, 0.25) is 0 Å². The number of nitrogens with zero attached hydrogens (tertiary/aromatic N) is 4. The highest BCUT2D eigenvalue weighted by Crippen LogP contribution is 2.54. The van der Waals surface area contributed by atoms with E-state index in [1.165, 1.54) is 6.33 Å². The van der Waals surface area contributed by atoms with Crippen molar-refractivity contribution in [1.29, 1.82) is 0 Å². The number of aryl methyl sites for hydroxylation is 1. The molecule has 0 saturated carbocycles. The lowest BCUT2D eigenvalue weighted by molar-refractivity contribution is -0.348. The average Bonchev–Trinajstić information content (AvgIpc) is 3.42. The minimum Gasteiger partial charge on any atom is -0.335 e. The largest absolute Gasteiger partial charge is 0.435 e. The molecule has 2 aromatic heterocycles.